The van der Waals surface area contributed by atoms with Crippen LogP contribution in [0.25, 0.3) is 43.7 Å². The SMILES string of the molecule is [C-]#[N+]c1ncc(-c2ccc3ncc4ccc(=O)n(-c5cccc(C(F)(F)F)c5)c4c3n2)cc1C. The van der Waals surface area contributed by atoms with Crippen molar-refractivity contribution < 1.29 is 13.2 Å². The van der Waals surface area contributed by atoms with E-state index >= 15 is 0 Å². The van der Waals surface area contributed by atoms with Crippen molar-refractivity contribution in [1.29, 1.82) is 0 Å². The van der Waals surface area contributed by atoms with Crippen LogP contribution < -0.4 is 5.56 Å². The van der Waals surface area contributed by atoms with E-state index in [1.807, 2.05) is 0 Å². The van der Waals surface area contributed by atoms with Gasteiger partial charge < -0.3 is 4.85 Å². The van der Waals surface area contributed by atoms with Crippen molar-refractivity contribution in [3.8, 4) is 16.9 Å². The largest absolute Gasteiger partial charge is 0.416 e. The highest BCUT2D eigenvalue weighted by atomic mass is 19.4. The molecule has 5 rings (SSSR count). The number of benzene rings is 1. The van der Waals surface area contributed by atoms with Crippen LogP contribution in [-0.4, -0.2) is 19.5 Å². The minimum absolute atomic E-state index is 0.0732. The van der Waals surface area contributed by atoms with E-state index in [9.17, 15) is 18.0 Å². The molecule has 0 amide bonds. The Balaban J connectivity index is 1.82. The van der Waals surface area contributed by atoms with Crippen molar-refractivity contribution in [3.63, 3.8) is 0 Å². The summed E-state index contributed by atoms with van der Waals surface area (Å²) in [6.45, 7) is 8.94. The fourth-order valence-corrected chi connectivity index (χ4v) is 3.83. The fourth-order valence-electron chi connectivity index (χ4n) is 3.83. The first-order valence-corrected chi connectivity index (χ1v) is 10.1. The zero-order valence-corrected chi connectivity index (χ0v) is 17.6. The maximum absolute atomic E-state index is 13.3. The molecule has 0 saturated carbocycles. The van der Waals surface area contributed by atoms with E-state index in [0.29, 0.717) is 38.8 Å². The van der Waals surface area contributed by atoms with Gasteiger partial charge in [0.05, 0.1) is 22.3 Å². The predicted octanol–water partition coefficient (Wildman–Crippen LogP) is 5.87. The molecule has 0 N–H and O–H groups in total. The number of hydrogen-bond acceptors (Lipinski definition) is 4. The van der Waals surface area contributed by atoms with Crippen LogP contribution in [0, 0.1) is 13.5 Å². The average Bonchev–Trinajstić information content (AvgIpc) is 2.83. The summed E-state index contributed by atoms with van der Waals surface area (Å²) in [7, 11) is 0. The van der Waals surface area contributed by atoms with Gasteiger partial charge in [0, 0.05) is 28.9 Å². The lowest BCUT2D eigenvalue weighted by atomic mass is 10.1. The molecule has 0 bridgehead atoms. The minimum Gasteiger partial charge on any atom is -0.360 e. The number of nitrogens with zero attached hydrogens (tertiary/aromatic N) is 5. The number of fused-ring (bicyclic) bond motifs is 3. The summed E-state index contributed by atoms with van der Waals surface area (Å²) >= 11 is 0. The lowest BCUT2D eigenvalue weighted by molar-refractivity contribution is -0.137. The molecular formula is C25H14F3N5O. The third-order valence-electron chi connectivity index (χ3n) is 5.45. The molecule has 0 aliphatic carbocycles. The van der Waals surface area contributed by atoms with Crippen molar-refractivity contribution >= 4 is 27.8 Å². The Bertz CT molecular complexity index is 1700. The highest BCUT2D eigenvalue weighted by Crippen LogP contribution is 2.32. The third kappa shape index (κ3) is 3.55. The standard InChI is InChI=1S/C25H14F3N5O/c1-14-10-16(13-31-24(14)29-2)19-7-8-20-22(32-19)23-15(12-30-20)6-9-21(34)33(23)18-5-3-4-17(11-18)25(26,27)28/h3-13H,1H3. The molecule has 0 aliphatic rings. The van der Waals surface area contributed by atoms with Crippen molar-refractivity contribution in [3.05, 3.63) is 99.9 Å². The number of aromatic nitrogens is 4. The second kappa shape index (κ2) is 7.78. The van der Waals surface area contributed by atoms with Gasteiger partial charge in [0.25, 0.3) is 11.4 Å². The topological polar surface area (TPSA) is 65.0 Å². The van der Waals surface area contributed by atoms with E-state index in [-0.39, 0.29) is 11.5 Å². The van der Waals surface area contributed by atoms with Crippen LogP contribution in [0.3, 0.4) is 0 Å². The van der Waals surface area contributed by atoms with E-state index in [2.05, 4.69) is 14.8 Å². The molecule has 0 unspecified atom stereocenters. The normalized spacial score (nSPS) is 11.6. The van der Waals surface area contributed by atoms with Gasteiger partial charge in [0.2, 0.25) is 0 Å². The lowest BCUT2D eigenvalue weighted by Crippen LogP contribution is -2.18. The van der Waals surface area contributed by atoms with Crippen LogP contribution in [0.15, 0.2) is 71.8 Å². The second-order valence-electron chi connectivity index (χ2n) is 7.66. The fraction of sp³-hybridized carbons (Fsp3) is 0.0800. The molecular weight excluding hydrogens is 443 g/mol. The molecule has 1 aromatic carbocycles. The summed E-state index contributed by atoms with van der Waals surface area (Å²) in [5, 5.41) is 0.548. The molecule has 4 aromatic heterocycles. The van der Waals surface area contributed by atoms with Crippen LogP contribution in [0.1, 0.15) is 11.1 Å². The van der Waals surface area contributed by atoms with Gasteiger partial charge in [-0.1, -0.05) is 18.7 Å². The number of aryl methyl sites for hydroxylation is 1. The monoisotopic (exact) mass is 457 g/mol. The number of pyridine rings is 4. The van der Waals surface area contributed by atoms with Gasteiger partial charge in [0.1, 0.15) is 11.7 Å². The maximum Gasteiger partial charge on any atom is 0.416 e. The van der Waals surface area contributed by atoms with Crippen molar-refractivity contribution in [2.24, 2.45) is 0 Å². The summed E-state index contributed by atoms with van der Waals surface area (Å²) in [4.78, 5) is 29.5. The molecule has 5 aromatic rings. The Morgan fingerprint density at radius 3 is 2.56 bits per heavy atom. The van der Waals surface area contributed by atoms with Crippen LogP contribution in [-0.2, 0) is 6.18 Å². The molecule has 34 heavy (non-hydrogen) atoms. The smallest absolute Gasteiger partial charge is 0.360 e. The summed E-state index contributed by atoms with van der Waals surface area (Å²) in [5.74, 6) is 0.287. The van der Waals surface area contributed by atoms with Gasteiger partial charge in [-0.15, -0.1) is 4.98 Å². The first kappa shape index (κ1) is 21.3. The van der Waals surface area contributed by atoms with Crippen LogP contribution in [0.2, 0.25) is 0 Å². The average molecular weight is 457 g/mol. The number of alkyl halides is 3. The van der Waals surface area contributed by atoms with E-state index < -0.39 is 17.3 Å². The number of hydrogen-bond donors (Lipinski definition) is 0. The molecule has 0 saturated heterocycles. The minimum atomic E-state index is -4.55. The zero-order chi connectivity index (χ0) is 24.0. The Hall–Kier alpha value is -4.58. The predicted molar refractivity (Wildman–Crippen MR) is 122 cm³/mol. The van der Waals surface area contributed by atoms with Crippen molar-refractivity contribution in [1.82, 2.24) is 19.5 Å². The molecule has 6 nitrogen and oxygen atoms in total. The summed E-state index contributed by atoms with van der Waals surface area (Å²) in [6, 6.07) is 12.7. The first-order chi connectivity index (χ1) is 16.3. The van der Waals surface area contributed by atoms with E-state index in [1.54, 1.807) is 37.4 Å². The van der Waals surface area contributed by atoms with Gasteiger partial charge in [-0.3, -0.25) is 14.3 Å². The van der Waals surface area contributed by atoms with Gasteiger partial charge in [0.15, 0.2) is 0 Å². The van der Waals surface area contributed by atoms with Crippen molar-refractivity contribution in [2.75, 3.05) is 0 Å². The van der Waals surface area contributed by atoms with Crippen LogP contribution in [0.5, 0.6) is 0 Å². The van der Waals surface area contributed by atoms with Crippen LogP contribution >= 0.6 is 0 Å². The summed E-state index contributed by atoms with van der Waals surface area (Å²) in [6.07, 6.45) is -1.46. The molecule has 0 fully saturated rings. The second-order valence-corrected chi connectivity index (χ2v) is 7.66. The van der Waals surface area contributed by atoms with E-state index in [4.69, 9.17) is 11.6 Å². The Kier molecular flexibility index (Phi) is 4.87. The highest BCUT2D eigenvalue weighted by molar-refractivity contribution is 6.02. The zero-order valence-electron chi connectivity index (χ0n) is 17.6. The van der Waals surface area contributed by atoms with Gasteiger partial charge >= 0.3 is 6.18 Å². The molecule has 0 spiro atoms. The number of halogens is 3. The summed E-state index contributed by atoms with van der Waals surface area (Å²) in [5.41, 5.74) is 1.78. The van der Waals surface area contributed by atoms with Gasteiger partial charge in [-0.25, -0.2) is 4.98 Å². The van der Waals surface area contributed by atoms with Crippen molar-refractivity contribution in [2.45, 2.75) is 13.1 Å². The lowest BCUT2D eigenvalue weighted by Gasteiger charge is -2.14. The molecule has 4 heterocycles. The first-order valence-electron chi connectivity index (χ1n) is 10.1. The van der Waals surface area contributed by atoms with E-state index in [1.165, 1.54) is 29.0 Å². The molecule has 0 aliphatic heterocycles. The molecule has 0 atom stereocenters. The van der Waals surface area contributed by atoms with E-state index in [0.717, 1.165) is 12.1 Å². The molecule has 0 radical (unpaired) electrons. The Labute approximate surface area is 190 Å². The highest BCUT2D eigenvalue weighted by Gasteiger charge is 2.30. The quantitative estimate of drug-likeness (QED) is 0.246. The van der Waals surface area contributed by atoms with Gasteiger partial charge in [-0.2, -0.15) is 13.2 Å². The maximum atomic E-state index is 13.3. The summed E-state index contributed by atoms with van der Waals surface area (Å²) < 4.78 is 41.3. The third-order valence-corrected chi connectivity index (χ3v) is 5.45. The van der Waals surface area contributed by atoms with Crippen LogP contribution in [0.4, 0.5) is 19.0 Å². The number of rotatable bonds is 2. The molecule has 9 heteroatoms. The Morgan fingerprint density at radius 1 is 1.00 bits per heavy atom. The van der Waals surface area contributed by atoms with Gasteiger partial charge in [-0.05, 0) is 48.9 Å². The molecule has 166 valence electrons. The Morgan fingerprint density at radius 2 is 1.82 bits per heavy atom.